The molecule has 0 aromatic heterocycles. The Bertz CT molecular complexity index is 546. The number of ether oxygens (including phenoxy) is 2. The zero-order valence-electron chi connectivity index (χ0n) is 10.1. The number of rotatable bonds is 2. The summed E-state index contributed by atoms with van der Waals surface area (Å²) in [6.07, 6.45) is -0.709. The molecule has 1 fully saturated rings. The highest BCUT2D eigenvalue weighted by Gasteiger charge is 2.32. The molecule has 2 aliphatic heterocycles. The van der Waals surface area contributed by atoms with E-state index in [0.29, 0.717) is 30.2 Å². The average Bonchev–Trinajstić information content (AvgIpc) is 2.79. The number of anilines is 2. The molecule has 0 spiro atoms. The molecule has 7 heteroatoms. The van der Waals surface area contributed by atoms with Crippen LogP contribution in [0.3, 0.4) is 0 Å². The minimum absolute atomic E-state index is 0.0215. The largest absolute Gasteiger partial charge is 0.482 e. The van der Waals surface area contributed by atoms with E-state index in [9.17, 15) is 9.59 Å². The molecule has 100 valence electrons. The molecule has 2 heterocycles. The van der Waals surface area contributed by atoms with E-state index < -0.39 is 6.09 Å². The molecule has 7 nitrogen and oxygen atoms in total. The first-order valence-corrected chi connectivity index (χ1v) is 5.92. The molecule has 2 aliphatic rings. The maximum Gasteiger partial charge on any atom is 0.414 e. The Morgan fingerprint density at radius 3 is 3.00 bits per heavy atom. The molecule has 2 amide bonds. The molecular formula is C12H13N3O4. The topological polar surface area (TPSA) is 93.9 Å². The van der Waals surface area contributed by atoms with Crippen molar-refractivity contribution in [3.05, 3.63) is 18.2 Å². The number of nitrogens with zero attached hydrogens (tertiary/aromatic N) is 1. The van der Waals surface area contributed by atoms with Crippen LogP contribution in [-0.4, -0.2) is 37.8 Å². The first kappa shape index (κ1) is 11.8. The Morgan fingerprint density at radius 1 is 1.42 bits per heavy atom. The summed E-state index contributed by atoms with van der Waals surface area (Å²) in [5.74, 6) is 0.352. The Labute approximate surface area is 109 Å². The van der Waals surface area contributed by atoms with Crippen molar-refractivity contribution in [1.82, 2.24) is 0 Å². The van der Waals surface area contributed by atoms with E-state index >= 15 is 0 Å². The summed E-state index contributed by atoms with van der Waals surface area (Å²) in [5.41, 5.74) is 6.75. The third-order valence-electron chi connectivity index (χ3n) is 3.05. The minimum atomic E-state index is -0.421. The smallest absolute Gasteiger partial charge is 0.414 e. The van der Waals surface area contributed by atoms with Crippen LogP contribution in [0.1, 0.15) is 0 Å². The maximum atomic E-state index is 11.7. The van der Waals surface area contributed by atoms with Gasteiger partial charge in [-0.05, 0) is 12.1 Å². The molecule has 0 bridgehead atoms. The van der Waals surface area contributed by atoms with Gasteiger partial charge in [0.15, 0.2) is 6.61 Å². The van der Waals surface area contributed by atoms with Gasteiger partial charge in [0.2, 0.25) is 0 Å². The fourth-order valence-electron chi connectivity index (χ4n) is 2.09. The van der Waals surface area contributed by atoms with Crippen LogP contribution >= 0.6 is 0 Å². The molecule has 0 radical (unpaired) electrons. The average molecular weight is 263 g/mol. The van der Waals surface area contributed by atoms with Gasteiger partial charge in [0, 0.05) is 12.6 Å². The molecule has 0 unspecified atom stereocenters. The number of carbonyl (C=O) groups is 2. The second kappa shape index (κ2) is 4.43. The van der Waals surface area contributed by atoms with Crippen LogP contribution in [0.4, 0.5) is 16.2 Å². The van der Waals surface area contributed by atoms with Crippen molar-refractivity contribution >= 4 is 23.4 Å². The van der Waals surface area contributed by atoms with Gasteiger partial charge in [-0.15, -0.1) is 0 Å². The maximum absolute atomic E-state index is 11.7. The summed E-state index contributed by atoms with van der Waals surface area (Å²) >= 11 is 0. The lowest BCUT2D eigenvalue weighted by molar-refractivity contribution is -0.118. The second-order valence-electron chi connectivity index (χ2n) is 4.37. The number of cyclic esters (lactones) is 1. The predicted molar refractivity (Wildman–Crippen MR) is 67.2 cm³/mol. The monoisotopic (exact) mass is 263 g/mol. The molecule has 1 atom stereocenters. The Morgan fingerprint density at radius 2 is 2.26 bits per heavy atom. The first-order valence-electron chi connectivity index (χ1n) is 5.92. The standard InChI is InChI=1S/C12H13N3O4/c13-4-8-5-15(12(17)19-8)7-1-2-9-10(3-7)18-6-11(16)14-9/h1-3,8H,4-6,13H2,(H,14,16)/t8-/m1/s1. The quantitative estimate of drug-likeness (QED) is 0.800. The van der Waals surface area contributed by atoms with Crippen molar-refractivity contribution < 1.29 is 19.1 Å². The van der Waals surface area contributed by atoms with Gasteiger partial charge < -0.3 is 20.5 Å². The van der Waals surface area contributed by atoms with Crippen LogP contribution in [0, 0.1) is 0 Å². The number of hydrogen-bond acceptors (Lipinski definition) is 5. The summed E-state index contributed by atoms with van der Waals surface area (Å²) < 4.78 is 10.4. The van der Waals surface area contributed by atoms with Crippen LogP contribution in [0.5, 0.6) is 5.75 Å². The summed E-state index contributed by atoms with van der Waals surface area (Å²) in [5, 5.41) is 2.69. The number of hydrogen-bond donors (Lipinski definition) is 2. The van der Waals surface area contributed by atoms with E-state index in [1.807, 2.05) is 0 Å². The lowest BCUT2D eigenvalue weighted by atomic mass is 10.2. The third kappa shape index (κ3) is 2.08. The van der Waals surface area contributed by atoms with Crippen molar-refractivity contribution in [1.29, 1.82) is 0 Å². The van der Waals surface area contributed by atoms with Gasteiger partial charge >= 0.3 is 6.09 Å². The van der Waals surface area contributed by atoms with Crippen LogP contribution < -0.4 is 20.7 Å². The zero-order valence-corrected chi connectivity index (χ0v) is 10.1. The van der Waals surface area contributed by atoms with Crippen LogP contribution in [-0.2, 0) is 9.53 Å². The lowest BCUT2D eigenvalue weighted by Crippen LogP contribution is -2.28. The molecular weight excluding hydrogens is 250 g/mol. The van der Waals surface area contributed by atoms with Crippen LogP contribution in [0.15, 0.2) is 18.2 Å². The van der Waals surface area contributed by atoms with Crippen molar-refractivity contribution in [3.63, 3.8) is 0 Å². The molecule has 19 heavy (non-hydrogen) atoms. The van der Waals surface area contributed by atoms with Crippen molar-refractivity contribution in [2.45, 2.75) is 6.10 Å². The Hall–Kier alpha value is -2.28. The van der Waals surface area contributed by atoms with Gasteiger partial charge in [0.05, 0.1) is 17.9 Å². The van der Waals surface area contributed by atoms with Gasteiger partial charge in [-0.3, -0.25) is 9.69 Å². The predicted octanol–water partition coefficient (Wildman–Crippen LogP) is 0.301. The number of carbonyl (C=O) groups excluding carboxylic acids is 2. The molecule has 1 aromatic carbocycles. The fourth-order valence-corrected chi connectivity index (χ4v) is 2.09. The molecule has 3 rings (SSSR count). The Kier molecular flexibility index (Phi) is 2.75. The number of benzene rings is 1. The van der Waals surface area contributed by atoms with Gasteiger partial charge in [-0.2, -0.15) is 0 Å². The molecule has 0 aliphatic carbocycles. The number of nitrogens with two attached hydrogens (primary N) is 1. The molecule has 1 saturated heterocycles. The Balaban J connectivity index is 1.86. The second-order valence-corrected chi connectivity index (χ2v) is 4.37. The molecule has 3 N–H and O–H groups in total. The molecule has 1 aromatic rings. The highest BCUT2D eigenvalue weighted by molar-refractivity contribution is 5.97. The normalized spacial score (nSPS) is 21.5. The van der Waals surface area contributed by atoms with Gasteiger partial charge in [-0.25, -0.2) is 4.79 Å². The number of amides is 2. The van der Waals surface area contributed by atoms with Crippen molar-refractivity contribution in [2.75, 3.05) is 29.9 Å². The van der Waals surface area contributed by atoms with Gasteiger partial charge in [0.1, 0.15) is 11.9 Å². The van der Waals surface area contributed by atoms with E-state index in [2.05, 4.69) is 5.32 Å². The van der Waals surface area contributed by atoms with Crippen LogP contribution in [0.2, 0.25) is 0 Å². The van der Waals surface area contributed by atoms with E-state index in [0.717, 1.165) is 0 Å². The first-order chi connectivity index (χ1) is 9.17. The third-order valence-corrected chi connectivity index (χ3v) is 3.05. The number of nitrogens with one attached hydrogen (secondary N) is 1. The highest BCUT2D eigenvalue weighted by Crippen LogP contribution is 2.33. The summed E-state index contributed by atoms with van der Waals surface area (Å²) in [4.78, 5) is 24.4. The van der Waals surface area contributed by atoms with Gasteiger partial charge in [-0.1, -0.05) is 0 Å². The van der Waals surface area contributed by atoms with Crippen molar-refractivity contribution in [2.24, 2.45) is 5.73 Å². The summed E-state index contributed by atoms with van der Waals surface area (Å²) in [6, 6.07) is 5.13. The summed E-state index contributed by atoms with van der Waals surface area (Å²) in [6.45, 7) is 0.687. The van der Waals surface area contributed by atoms with Gasteiger partial charge in [0.25, 0.3) is 5.91 Å². The SMILES string of the molecule is NC[C@@H]1CN(c2ccc3c(c2)OCC(=O)N3)C(=O)O1. The van der Waals surface area contributed by atoms with E-state index in [-0.39, 0.29) is 18.6 Å². The van der Waals surface area contributed by atoms with E-state index in [1.54, 1.807) is 18.2 Å². The molecule has 0 saturated carbocycles. The minimum Gasteiger partial charge on any atom is -0.482 e. The van der Waals surface area contributed by atoms with Crippen molar-refractivity contribution in [3.8, 4) is 5.75 Å². The van der Waals surface area contributed by atoms with E-state index in [4.69, 9.17) is 15.2 Å². The lowest BCUT2D eigenvalue weighted by Gasteiger charge is -2.20. The van der Waals surface area contributed by atoms with E-state index in [1.165, 1.54) is 4.90 Å². The summed E-state index contributed by atoms with van der Waals surface area (Å²) in [7, 11) is 0. The fraction of sp³-hybridized carbons (Fsp3) is 0.333. The highest BCUT2D eigenvalue weighted by atomic mass is 16.6. The number of fused-ring (bicyclic) bond motifs is 1. The zero-order chi connectivity index (χ0) is 13.4. The van der Waals surface area contributed by atoms with Crippen LogP contribution in [0.25, 0.3) is 0 Å².